The van der Waals surface area contributed by atoms with Gasteiger partial charge in [0.15, 0.2) is 0 Å². The summed E-state index contributed by atoms with van der Waals surface area (Å²) in [5.74, 6) is -0.333. The van der Waals surface area contributed by atoms with E-state index in [9.17, 15) is 9.59 Å². The number of hydrogen-bond donors (Lipinski definition) is 3. The van der Waals surface area contributed by atoms with Crippen LogP contribution in [-0.2, 0) is 4.79 Å². The van der Waals surface area contributed by atoms with Crippen LogP contribution in [0.1, 0.15) is 28.4 Å². The van der Waals surface area contributed by atoms with E-state index < -0.39 is 0 Å². The minimum absolute atomic E-state index is 0.157. The molecule has 0 aliphatic heterocycles. The highest BCUT2D eigenvalue weighted by atomic mass is 16.2. The Hall–Kier alpha value is -1.88. The van der Waals surface area contributed by atoms with Crippen LogP contribution in [0.2, 0.25) is 0 Å². The van der Waals surface area contributed by atoms with E-state index in [0.717, 1.165) is 11.1 Å². The van der Waals surface area contributed by atoms with Gasteiger partial charge in [-0.2, -0.15) is 0 Å². The van der Waals surface area contributed by atoms with Crippen LogP contribution in [0.25, 0.3) is 0 Å². The first kappa shape index (κ1) is 14.2. The summed E-state index contributed by atoms with van der Waals surface area (Å²) in [5.41, 5.74) is 8.35. The summed E-state index contributed by atoms with van der Waals surface area (Å²) in [7, 11) is 0. The molecule has 0 unspecified atom stereocenters. The molecule has 1 aromatic rings. The van der Waals surface area contributed by atoms with Crippen LogP contribution < -0.4 is 16.4 Å². The molecule has 2 amide bonds. The van der Waals surface area contributed by atoms with E-state index >= 15 is 0 Å². The predicted molar refractivity (Wildman–Crippen MR) is 71.6 cm³/mol. The van der Waals surface area contributed by atoms with Crippen molar-refractivity contribution >= 4 is 17.5 Å². The van der Waals surface area contributed by atoms with Gasteiger partial charge in [-0.15, -0.1) is 0 Å². The molecule has 0 heterocycles. The Balaban J connectivity index is 3.04. The molecule has 98 valence electrons. The summed E-state index contributed by atoms with van der Waals surface area (Å²) in [6.07, 6.45) is 0. The van der Waals surface area contributed by atoms with Crippen molar-refractivity contribution in [3.05, 3.63) is 28.8 Å². The maximum atomic E-state index is 11.9. The van der Waals surface area contributed by atoms with Crippen LogP contribution in [0.15, 0.2) is 12.1 Å². The molecule has 0 fully saturated rings. The summed E-state index contributed by atoms with van der Waals surface area (Å²) in [6, 6.07) is 3.57. The molecule has 5 nitrogen and oxygen atoms in total. The number of nitrogens with one attached hydrogen (secondary N) is 2. The molecule has 0 radical (unpaired) electrons. The fourth-order valence-electron chi connectivity index (χ4n) is 1.70. The zero-order valence-electron chi connectivity index (χ0n) is 11.0. The van der Waals surface area contributed by atoms with E-state index in [2.05, 4.69) is 10.6 Å². The lowest BCUT2D eigenvalue weighted by Gasteiger charge is -2.12. The van der Waals surface area contributed by atoms with E-state index in [1.165, 1.54) is 6.92 Å². The van der Waals surface area contributed by atoms with Crippen molar-refractivity contribution in [3.8, 4) is 0 Å². The Morgan fingerprint density at radius 3 is 2.44 bits per heavy atom. The lowest BCUT2D eigenvalue weighted by Crippen LogP contribution is -2.29. The largest absolute Gasteiger partial charge is 0.351 e. The first-order chi connectivity index (χ1) is 8.45. The van der Waals surface area contributed by atoms with E-state index in [1.54, 1.807) is 6.07 Å². The number of carbonyl (C=O) groups is 2. The summed E-state index contributed by atoms with van der Waals surface area (Å²) in [5, 5.41) is 5.42. The van der Waals surface area contributed by atoms with Gasteiger partial charge in [-0.05, 0) is 31.0 Å². The van der Waals surface area contributed by atoms with Crippen molar-refractivity contribution in [2.24, 2.45) is 5.73 Å². The first-order valence-corrected chi connectivity index (χ1v) is 5.82. The van der Waals surface area contributed by atoms with Crippen LogP contribution in [0, 0.1) is 13.8 Å². The van der Waals surface area contributed by atoms with Gasteiger partial charge in [0, 0.05) is 31.3 Å². The van der Waals surface area contributed by atoms with Gasteiger partial charge >= 0.3 is 0 Å². The van der Waals surface area contributed by atoms with Crippen molar-refractivity contribution in [1.82, 2.24) is 5.32 Å². The highest BCUT2D eigenvalue weighted by Crippen LogP contribution is 2.20. The minimum atomic E-state index is -0.176. The van der Waals surface area contributed by atoms with Crippen molar-refractivity contribution in [3.63, 3.8) is 0 Å². The molecule has 0 aliphatic rings. The summed E-state index contributed by atoms with van der Waals surface area (Å²) in [6.45, 7) is 6.02. The molecular formula is C13H19N3O2. The number of carbonyl (C=O) groups excluding carboxylic acids is 2. The zero-order chi connectivity index (χ0) is 13.7. The third-order valence-corrected chi connectivity index (χ3v) is 2.56. The molecule has 0 saturated heterocycles. The van der Waals surface area contributed by atoms with Crippen LogP contribution in [0.5, 0.6) is 0 Å². The lowest BCUT2D eigenvalue weighted by molar-refractivity contribution is -0.114. The topological polar surface area (TPSA) is 84.2 Å². The third kappa shape index (κ3) is 3.56. The van der Waals surface area contributed by atoms with Crippen LogP contribution >= 0.6 is 0 Å². The number of nitrogens with two attached hydrogens (primary N) is 1. The van der Waals surface area contributed by atoms with Gasteiger partial charge < -0.3 is 16.4 Å². The summed E-state index contributed by atoms with van der Waals surface area (Å²) in [4.78, 5) is 23.0. The van der Waals surface area contributed by atoms with E-state index in [0.29, 0.717) is 24.3 Å². The maximum absolute atomic E-state index is 11.9. The van der Waals surface area contributed by atoms with Gasteiger partial charge in [0.2, 0.25) is 5.91 Å². The molecule has 0 spiro atoms. The molecule has 4 N–H and O–H groups in total. The zero-order valence-corrected chi connectivity index (χ0v) is 11.0. The number of rotatable bonds is 4. The van der Waals surface area contributed by atoms with Crippen molar-refractivity contribution < 1.29 is 9.59 Å². The Kier molecular flexibility index (Phi) is 4.85. The second kappa shape index (κ2) is 6.16. The van der Waals surface area contributed by atoms with Gasteiger partial charge in [0.25, 0.3) is 5.91 Å². The highest BCUT2D eigenvalue weighted by molar-refractivity contribution is 5.98. The lowest BCUT2D eigenvalue weighted by atomic mass is 10.0. The minimum Gasteiger partial charge on any atom is -0.351 e. The average molecular weight is 249 g/mol. The van der Waals surface area contributed by atoms with Gasteiger partial charge in [-0.3, -0.25) is 9.59 Å². The molecule has 1 rings (SSSR count). The van der Waals surface area contributed by atoms with E-state index in [4.69, 9.17) is 5.73 Å². The molecule has 0 atom stereocenters. The standard InChI is InChI=1S/C13H19N3O2/c1-8-6-9(2)12(16-10(3)17)7-11(8)13(18)15-5-4-14/h6-7H,4-5,14H2,1-3H3,(H,15,18)(H,16,17). The summed E-state index contributed by atoms with van der Waals surface area (Å²) >= 11 is 0. The van der Waals surface area contributed by atoms with Gasteiger partial charge in [0.05, 0.1) is 0 Å². The quantitative estimate of drug-likeness (QED) is 0.742. The number of anilines is 1. The number of hydrogen-bond acceptors (Lipinski definition) is 3. The van der Waals surface area contributed by atoms with E-state index in [1.807, 2.05) is 19.9 Å². The second-order valence-electron chi connectivity index (χ2n) is 4.21. The fourth-order valence-corrected chi connectivity index (χ4v) is 1.70. The Bertz CT molecular complexity index is 470. The molecule has 18 heavy (non-hydrogen) atoms. The molecule has 0 aromatic heterocycles. The van der Waals surface area contributed by atoms with Gasteiger partial charge in [-0.25, -0.2) is 0 Å². The van der Waals surface area contributed by atoms with Crippen molar-refractivity contribution in [2.75, 3.05) is 18.4 Å². The first-order valence-electron chi connectivity index (χ1n) is 5.82. The summed E-state index contributed by atoms with van der Waals surface area (Å²) < 4.78 is 0. The predicted octanol–water partition coefficient (Wildman–Crippen LogP) is 0.950. The van der Waals surface area contributed by atoms with Crippen molar-refractivity contribution in [2.45, 2.75) is 20.8 Å². The normalized spacial score (nSPS) is 10.0. The Morgan fingerprint density at radius 1 is 1.22 bits per heavy atom. The highest BCUT2D eigenvalue weighted by Gasteiger charge is 2.11. The Labute approximate surface area is 107 Å². The van der Waals surface area contributed by atoms with Crippen LogP contribution in [0.3, 0.4) is 0 Å². The molecule has 1 aromatic carbocycles. The Morgan fingerprint density at radius 2 is 1.89 bits per heavy atom. The number of benzene rings is 1. The molecule has 0 aliphatic carbocycles. The van der Waals surface area contributed by atoms with Crippen LogP contribution in [0.4, 0.5) is 5.69 Å². The fraction of sp³-hybridized carbons (Fsp3) is 0.385. The van der Waals surface area contributed by atoms with E-state index in [-0.39, 0.29) is 11.8 Å². The third-order valence-electron chi connectivity index (χ3n) is 2.56. The molecule has 0 bridgehead atoms. The molecular weight excluding hydrogens is 230 g/mol. The van der Waals surface area contributed by atoms with Crippen LogP contribution in [-0.4, -0.2) is 24.9 Å². The van der Waals surface area contributed by atoms with Gasteiger partial charge in [-0.1, -0.05) is 6.07 Å². The number of aryl methyl sites for hydroxylation is 2. The SMILES string of the molecule is CC(=O)Nc1cc(C(=O)NCCN)c(C)cc1C. The number of amides is 2. The molecule has 5 heteroatoms. The second-order valence-corrected chi connectivity index (χ2v) is 4.21. The molecule has 0 saturated carbocycles. The van der Waals surface area contributed by atoms with Crippen molar-refractivity contribution in [1.29, 1.82) is 0 Å². The monoisotopic (exact) mass is 249 g/mol. The smallest absolute Gasteiger partial charge is 0.251 e. The maximum Gasteiger partial charge on any atom is 0.251 e. The average Bonchev–Trinajstić information content (AvgIpc) is 2.29. The van der Waals surface area contributed by atoms with Gasteiger partial charge in [0.1, 0.15) is 0 Å².